The van der Waals surface area contributed by atoms with Gasteiger partial charge in [0, 0.05) is 0 Å². The van der Waals surface area contributed by atoms with Crippen molar-refractivity contribution in [1.82, 2.24) is 0 Å². The van der Waals surface area contributed by atoms with Gasteiger partial charge in [-0.05, 0) is 19.3 Å². The number of carbonyl (C=O) groups is 1. The molecule has 3 nitrogen and oxygen atoms in total. The molecule has 0 aromatic rings. The van der Waals surface area contributed by atoms with Gasteiger partial charge in [0.1, 0.15) is 5.54 Å². The average Bonchev–Trinajstić information content (AvgIpc) is 2.03. The Labute approximate surface area is 74.3 Å². The third-order valence-corrected chi connectivity index (χ3v) is 2.27. The summed E-state index contributed by atoms with van der Waals surface area (Å²) >= 11 is 0. The number of esters is 1. The predicted octanol–water partition coefficient (Wildman–Crippen LogP) is 1.31. The van der Waals surface area contributed by atoms with Crippen molar-refractivity contribution >= 4 is 5.97 Å². The highest BCUT2D eigenvalue weighted by Gasteiger charge is 2.36. The highest BCUT2D eigenvalue weighted by molar-refractivity contribution is 5.80. The smallest absolute Gasteiger partial charge is 0.326 e. The van der Waals surface area contributed by atoms with Gasteiger partial charge in [0.2, 0.25) is 0 Å². The fourth-order valence-electron chi connectivity index (χ4n) is 1.05. The molecule has 0 aliphatic heterocycles. The molecule has 0 aromatic carbocycles. The summed E-state index contributed by atoms with van der Waals surface area (Å²) < 4.78 is 4.90. The van der Waals surface area contributed by atoms with Gasteiger partial charge in [0.15, 0.2) is 0 Å². The van der Waals surface area contributed by atoms with Crippen LogP contribution < -0.4 is 5.73 Å². The summed E-state index contributed by atoms with van der Waals surface area (Å²) in [6, 6.07) is 0. The molecule has 0 aliphatic carbocycles. The summed E-state index contributed by atoms with van der Waals surface area (Å²) in [7, 11) is 0. The zero-order valence-electron chi connectivity index (χ0n) is 8.39. The first-order chi connectivity index (χ1) is 5.49. The zero-order valence-corrected chi connectivity index (χ0v) is 8.39. The van der Waals surface area contributed by atoms with Crippen molar-refractivity contribution in [3.8, 4) is 0 Å². The van der Waals surface area contributed by atoms with Gasteiger partial charge >= 0.3 is 5.97 Å². The van der Waals surface area contributed by atoms with Crippen molar-refractivity contribution in [2.24, 2.45) is 11.7 Å². The molecule has 2 N–H and O–H groups in total. The standard InChI is InChI=1S/C9H19NO2/c1-5-9(10,7(3)4)8(11)12-6-2/h7H,5-6,10H2,1-4H3. The van der Waals surface area contributed by atoms with Crippen molar-refractivity contribution in [3.05, 3.63) is 0 Å². The van der Waals surface area contributed by atoms with Crippen molar-refractivity contribution in [3.63, 3.8) is 0 Å². The molecule has 0 bridgehead atoms. The summed E-state index contributed by atoms with van der Waals surface area (Å²) in [4.78, 5) is 11.4. The van der Waals surface area contributed by atoms with Crippen LogP contribution in [0.3, 0.4) is 0 Å². The Morgan fingerprint density at radius 1 is 1.50 bits per heavy atom. The third kappa shape index (κ3) is 2.21. The first-order valence-electron chi connectivity index (χ1n) is 4.45. The molecule has 12 heavy (non-hydrogen) atoms. The lowest BCUT2D eigenvalue weighted by molar-refractivity contribution is -0.151. The Morgan fingerprint density at radius 3 is 2.25 bits per heavy atom. The van der Waals surface area contributed by atoms with Gasteiger partial charge in [-0.3, -0.25) is 4.79 Å². The van der Waals surface area contributed by atoms with E-state index in [0.717, 1.165) is 0 Å². The van der Waals surface area contributed by atoms with Crippen LogP contribution in [-0.2, 0) is 9.53 Å². The van der Waals surface area contributed by atoms with Gasteiger partial charge in [-0.2, -0.15) is 0 Å². The van der Waals surface area contributed by atoms with E-state index < -0.39 is 5.54 Å². The highest BCUT2D eigenvalue weighted by atomic mass is 16.5. The molecule has 0 rings (SSSR count). The second kappa shape index (κ2) is 4.45. The van der Waals surface area contributed by atoms with E-state index >= 15 is 0 Å². The predicted molar refractivity (Wildman–Crippen MR) is 48.7 cm³/mol. The fraction of sp³-hybridized carbons (Fsp3) is 0.889. The van der Waals surface area contributed by atoms with Gasteiger partial charge in [-0.15, -0.1) is 0 Å². The minimum Gasteiger partial charge on any atom is -0.465 e. The first-order valence-corrected chi connectivity index (χ1v) is 4.45. The maximum atomic E-state index is 11.4. The lowest BCUT2D eigenvalue weighted by Crippen LogP contribution is -2.52. The van der Waals surface area contributed by atoms with E-state index in [1.807, 2.05) is 20.8 Å². The summed E-state index contributed by atoms with van der Waals surface area (Å²) in [6.07, 6.45) is 0.615. The van der Waals surface area contributed by atoms with Crippen LogP contribution in [0.15, 0.2) is 0 Å². The number of hydrogen-bond donors (Lipinski definition) is 1. The monoisotopic (exact) mass is 173 g/mol. The summed E-state index contributed by atoms with van der Waals surface area (Å²) in [5, 5.41) is 0. The second-order valence-electron chi connectivity index (χ2n) is 3.27. The van der Waals surface area contributed by atoms with Gasteiger partial charge < -0.3 is 10.5 Å². The molecule has 0 saturated carbocycles. The van der Waals surface area contributed by atoms with Crippen molar-refractivity contribution < 1.29 is 9.53 Å². The first kappa shape index (κ1) is 11.4. The van der Waals surface area contributed by atoms with E-state index in [2.05, 4.69) is 0 Å². The van der Waals surface area contributed by atoms with Crippen LogP contribution in [0.1, 0.15) is 34.1 Å². The molecule has 0 spiro atoms. The third-order valence-electron chi connectivity index (χ3n) is 2.27. The maximum Gasteiger partial charge on any atom is 0.326 e. The molecule has 72 valence electrons. The number of hydrogen-bond acceptors (Lipinski definition) is 3. The Balaban J connectivity index is 4.40. The highest BCUT2D eigenvalue weighted by Crippen LogP contribution is 2.19. The van der Waals surface area contributed by atoms with Crippen LogP contribution in [0.5, 0.6) is 0 Å². The van der Waals surface area contributed by atoms with Crippen LogP contribution in [0.25, 0.3) is 0 Å². The summed E-state index contributed by atoms with van der Waals surface area (Å²) in [6.45, 7) is 7.94. The number of ether oxygens (including phenoxy) is 1. The molecule has 0 aliphatic rings. The molecular formula is C9H19NO2. The molecule has 1 unspecified atom stereocenters. The van der Waals surface area contributed by atoms with Gasteiger partial charge in [0.25, 0.3) is 0 Å². The van der Waals surface area contributed by atoms with E-state index in [0.29, 0.717) is 13.0 Å². The topological polar surface area (TPSA) is 52.3 Å². The quantitative estimate of drug-likeness (QED) is 0.652. The summed E-state index contributed by atoms with van der Waals surface area (Å²) in [5.74, 6) is -0.177. The Bertz CT molecular complexity index is 157. The summed E-state index contributed by atoms with van der Waals surface area (Å²) in [5.41, 5.74) is 5.09. The largest absolute Gasteiger partial charge is 0.465 e. The molecule has 1 atom stereocenters. The van der Waals surface area contributed by atoms with Gasteiger partial charge in [-0.1, -0.05) is 20.8 Å². The van der Waals surface area contributed by atoms with Crippen LogP contribution >= 0.6 is 0 Å². The maximum absolute atomic E-state index is 11.4. The molecule has 0 saturated heterocycles. The van der Waals surface area contributed by atoms with Gasteiger partial charge in [0.05, 0.1) is 6.61 Å². The SMILES string of the molecule is CCOC(=O)C(N)(CC)C(C)C. The molecule has 0 radical (unpaired) electrons. The molecule has 0 heterocycles. The van der Waals surface area contributed by atoms with E-state index in [4.69, 9.17) is 10.5 Å². The Hall–Kier alpha value is -0.570. The van der Waals surface area contributed by atoms with E-state index in [1.165, 1.54) is 0 Å². The second-order valence-corrected chi connectivity index (χ2v) is 3.27. The van der Waals surface area contributed by atoms with Crippen molar-refractivity contribution in [1.29, 1.82) is 0 Å². The number of nitrogens with two attached hydrogens (primary N) is 1. The van der Waals surface area contributed by atoms with Crippen LogP contribution in [0.2, 0.25) is 0 Å². The Kier molecular flexibility index (Phi) is 4.24. The van der Waals surface area contributed by atoms with Crippen LogP contribution in [0, 0.1) is 5.92 Å². The minimum atomic E-state index is -0.810. The lowest BCUT2D eigenvalue weighted by Gasteiger charge is -2.29. The molecule has 0 fully saturated rings. The molecule has 0 aromatic heterocycles. The van der Waals surface area contributed by atoms with Gasteiger partial charge in [-0.25, -0.2) is 0 Å². The average molecular weight is 173 g/mol. The normalized spacial score (nSPS) is 15.8. The molecule has 3 heteroatoms. The molecular weight excluding hydrogens is 154 g/mol. The fourth-order valence-corrected chi connectivity index (χ4v) is 1.05. The van der Waals surface area contributed by atoms with Crippen LogP contribution in [0.4, 0.5) is 0 Å². The lowest BCUT2D eigenvalue weighted by atomic mass is 9.85. The van der Waals surface area contributed by atoms with E-state index in [9.17, 15) is 4.79 Å². The van der Waals surface area contributed by atoms with Crippen molar-refractivity contribution in [2.75, 3.05) is 6.61 Å². The van der Waals surface area contributed by atoms with E-state index in [-0.39, 0.29) is 11.9 Å². The Morgan fingerprint density at radius 2 is 2.00 bits per heavy atom. The molecule has 0 amide bonds. The van der Waals surface area contributed by atoms with Crippen LogP contribution in [-0.4, -0.2) is 18.1 Å². The van der Waals surface area contributed by atoms with Crippen molar-refractivity contribution in [2.45, 2.75) is 39.7 Å². The van der Waals surface area contributed by atoms with E-state index in [1.54, 1.807) is 6.92 Å². The number of carbonyl (C=O) groups excluding carboxylic acids is 1. The number of rotatable bonds is 4. The minimum absolute atomic E-state index is 0.113. The zero-order chi connectivity index (χ0) is 9.78.